The first-order valence-electron chi connectivity index (χ1n) is 20.0. The highest BCUT2D eigenvalue weighted by atomic mass is 14.6. The highest BCUT2D eigenvalue weighted by Crippen LogP contribution is 2.69. The second-order valence-electron chi connectivity index (χ2n) is 16.7. The van der Waals surface area contributed by atoms with Crippen molar-refractivity contribution in [3.63, 3.8) is 0 Å². The number of aromatic nitrogens is 1. The Morgan fingerprint density at radius 1 is 0.370 bits per heavy atom. The zero-order valence-electron chi connectivity index (χ0n) is 30.4. The quantitative estimate of drug-likeness (QED) is 0.167. The molecule has 0 amide bonds. The van der Waals surface area contributed by atoms with Crippen LogP contribution in [0.3, 0.4) is 0 Å². The lowest BCUT2D eigenvalue weighted by Crippen LogP contribution is -2.55. The minimum Gasteiger partial charge on any atom is -0.265 e. The molecule has 1 aromatic heterocycles. The Morgan fingerprint density at radius 2 is 0.852 bits per heavy atom. The van der Waals surface area contributed by atoms with Gasteiger partial charge in [-0.1, -0.05) is 121 Å². The maximum atomic E-state index is 4.32. The van der Waals surface area contributed by atoms with Crippen molar-refractivity contribution in [1.29, 1.82) is 0 Å². The van der Waals surface area contributed by atoms with Gasteiger partial charge in [0, 0.05) is 17.8 Å². The normalized spacial score (nSPS) is 23.3. The second kappa shape index (κ2) is 11.6. The largest absolute Gasteiger partial charge is 0.265 e. The van der Waals surface area contributed by atoms with Crippen LogP contribution in [0.5, 0.6) is 0 Å². The first kappa shape index (κ1) is 30.6. The van der Waals surface area contributed by atoms with Crippen molar-refractivity contribution in [2.75, 3.05) is 0 Å². The Labute approximate surface area is 317 Å². The minimum absolute atomic E-state index is 0.213. The van der Waals surface area contributed by atoms with Gasteiger partial charge in [0.25, 0.3) is 0 Å². The fourth-order valence-corrected chi connectivity index (χ4v) is 12.3. The molecule has 258 valence electrons. The van der Waals surface area contributed by atoms with Gasteiger partial charge in [0.15, 0.2) is 0 Å². The highest BCUT2D eigenvalue weighted by molar-refractivity contribution is 6.21. The van der Waals surface area contributed by atoms with Gasteiger partial charge in [0.2, 0.25) is 0 Å². The first-order valence-corrected chi connectivity index (χ1v) is 20.0. The zero-order chi connectivity index (χ0) is 35.4. The van der Waals surface area contributed by atoms with E-state index in [0.29, 0.717) is 0 Å². The molecule has 1 heterocycles. The smallest absolute Gasteiger partial charge is 0.0273 e. The van der Waals surface area contributed by atoms with E-state index in [-0.39, 0.29) is 5.41 Å². The Morgan fingerprint density at radius 3 is 1.46 bits per heavy atom. The molecular formula is C53H41N. The predicted molar refractivity (Wildman–Crippen MR) is 224 cm³/mol. The van der Waals surface area contributed by atoms with E-state index in [2.05, 4.69) is 157 Å². The third-order valence-corrected chi connectivity index (χ3v) is 14.1. The first-order chi connectivity index (χ1) is 26.7. The van der Waals surface area contributed by atoms with Crippen LogP contribution in [0.1, 0.15) is 43.2 Å². The van der Waals surface area contributed by atoms with Gasteiger partial charge in [-0.2, -0.15) is 0 Å². The molecule has 8 aromatic rings. The molecule has 7 aromatic carbocycles. The van der Waals surface area contributed by atoms with Crippen molar-refractivity contribution in [2.24, 2.45) is 23.7 Å². The number of nitrogens with zero attached hydrogens (tertiary/aromatic N) is 1. The second-order valence-corrected chi connectivity index (χ2v) is 16.7. The molecule has 0 unspecified atom stereocenters. The maximum Gasteiger partial charge on any atom is 0.0273 e. The van der Waals surface area contributed by atoms with Crippen molar-refractivity contribution in [3.05, 3.63) is 175 Å². The third-order valence-electron chi connectivity index (χ3n) is 14.1. The van der Waals surface area contributed by atoms with Gasteiger partial charge in [0.1, 0.15) is 0 Å². The van der Waals surface area contributed by atoms with Crippen molar-refractivity contribution >= 4 is 21.5 Å². The fraction of sp³-hybridized carbons (Fsp3) is 0.189. The molecule has 1 heteroatoms. The summed E-state index contributed by atoms with van der Waals surface area (Å²) >= 11 is 0. The molecule has 13 rings (SSSR count). The zero-order valence-corrected chi connectivity index (χ0v) is 30.4. The number of pyridine rings is 1. The van der Waals surface area contributed by atoms with Crippen LogP contribution in [-0.2, 0) is 5.41 Å². The number of fused-ring (bicyclic) bond motifs is 5. The van der Waals surface area contributed by atoms with Crippen molar-refractivity contribution in [3.8, 4) is 55.6 Å². The predicted octanol–water partition coefficient (Wildman–Crippen LogP) is 13.8. The summed E-state index contributed by atoms with van der Waals surface area (Å²) in [5.41, 5.74) is 16.5. The molecule has 54 heavy (non-hydrogen) atoms. The van der Waals surface area contributed by atoms with Crippen molar-refractivity contribution < 1.29 is 0 Å². The lowest BCUT2D eigenvalue weighted by molar-refractivity contribution is -0.0399. The molecule has 0 atom stereocenters. The molecule has 1 spiro atoms. The Hall–Kier alpha value is -5.79. The molecule has 4 saturated carbocycles. The fourth-order valence-electron chi connectivity index (χ4n) is 12.3. The summed E-state index contributed by atoms with van der Waals surface area (Å²) in [6.45, 7) is 0. The van der Waals surface area contributed by atoms with E-state index >= 15 is 0 Å². The van der Waals surface area contributed by atoms with E-state index in [1.165, 1.54) is 109 Å². The molecule has 1 nitrogen and oxygen atoms in total. The van der Waals surface area contributed by atoms with Gasteiger partial charge in [-0.05, 0) is 174 Å². The highest BCUT2D eigenvalue weighted by Gasteiger charge is 2.61. The molecule has 5 aliphatic carbocycles. The third kappa shape index (κ3) is 4.30. The Bertz CT molecular complexity index is 2710. The van der Waals surface area contributed by atoms with Crippen LogP contribution in [0.2, 0.25) is 0 Å². The lowest BCUT2D eigenvalue weighted by Gasteiger charge is -2.61. The lowest BCUT2D eigenvalue weighted by atomic mass is 9.43. The average molecular weight is 692 g/mol. The number of hydrogen-bond acceptors (Lipinski definition) is 1. The minimum atomic E-state index is 0.213. The Kier molecular flexibility index (Phi) is 6.59. The molecule has 0 N–H and O–H groups in total. The summed E-state index contributed by atoms with van der Waals surface area (Å²) in [6.07, 6.45) is 11.0. The standard InChI is InChI=1S/C53H41N/c1-3-16-46-44(14-1)51(35-21-23-54-24-22-35)45-15-2-4-17-47(45)52(46)40-12-8-11-38(31-40)36-9-7-10-37(30-36)39-19-20-50-48(32-39)43-13-5-6-18-49(43)53(50)41-26-33-25-34(28-41)29-42(53)27-33/h1-24,30-34,41-42H,25-29H2. The van der Waals surface area contributed by atoms with E-state index in [1.807, 2.05) is 12.4 Å². The maximum absolute atomic E-state index is 4.32. The van der Waals surface area contributed by atoms with E-state index in [9.17, 15) is 0 Å². The summed E-state index contributed by atoms with van der Waals surface area (Å²) in [5.74, 6) is 3.50. The molecule has 5 aliphatic rings. The molecule has 4 fully saturated rings. The van der Waals surface area contributed by atoms with Crippen LogP contribution in [0.25, 0.3) is 77.2 Å². The van der Waals surface area contributed by atoms with E-state index < -0.39 is 0 Å². The van der Waals surface area contributed by atoms with Crippen LogP contribution >= 0.6 is 0 Å². The molecular weight excluding hydrogens is 651 g/mol. The van der Waals surface area contributed by atoms with Gasteiger partial charge >= 0.3 is 0 Å². The summed E-state index contributed by atoms with van der Waals surface area (Å²) in [7, 11) is 0. The average Bonchev–Trinajstić information content (AvgIpc) is 3.52. The van der Waals surface area contributed by atoms with Gasteiger partial charge in [0.05, 0.1) is 0 Å². The molecule has 0 aliphatic heterocycles. The SMILES string of the molecule is c1cc(-c2cccc(-c3c4ccccc4c(-c4ccncc4)c4ccccc34)c2)cc(-c2ccc3c(c2)-c2ccccc2C32C3CC4CC(C3)CC2C4)c1. The summed E-state index contributed by atoms with van der Waals surface area (Å²) < 4.78 is 0. The number of benzene rings is 7. The number of rotatable bonds is 4. The molecule has 0 saturated heterocycles. The van der Waals surface area contributed by atoms with Gasteiger partial charge in [-0.3, -0.25) is 4.98 Å². The van der Waals surface area contributed by atoms with Crippen LogP contribution < -0.4 is 0 Å². The van der Waals surface area contributed by atoms with Crippen LogP contribution in [0.4, 0.5) is 0 Å². The van der Waals surface area contributed by atoms with Crippen molar-refractivity contribution in [1.82, 2.24) is 4.98 Å². The van der Waals surface area contributed by atoms with Gasteiger partial charge < -0.3 is 0 Å². The summed E-state index contributed by atoms with van der Waals surface area (Å²) in [4.78, 5) is 4.32. The van der Waals surface area contributed by atoms with E-state index in [0.717, 1.165) is 23.7 Å². The van der Waals surface area contributed by atoms with E-state index in [4.69, 9.17) is 0 Å². The monoisotopic (exact) mass is 691 g/mol. The van der Waals surface area contributed by atoms with Gasteiger partial charge in [-0.25, -0.2) is 0 Å². The summed E-state index contributed by atoms with van der Waals surface area (Å²) in [6, 6.07) is 57.4. The van der Waals surface area contributed by atoms with Crippen LogP contribution in [0.15, 0.2) is 164 Å². The van der Waals surface area contributed by atoms with Crippen molar-refractivity contribution in [2.45, 2.75) is 37.5 Å². The molecule has 0 radical (unpaired) electrons. The molecule has 4 bridgehead atoms. The summed E-state index contributed by atoms with van der Waals surface area (Å²) in [5, 5.41) is 5.06. The van der Waals surface area contributed by atoms with Gasteiger partial charge in [-0.15, -0.1) is 0 Å². The van der Waals surface area contributed by atoms with Crippen LogP contribution in [-0.4, -0.2) is 4.98 Å². The van der Waals surface area contributed by atoms with E-state index in [1.54, 1.807) is 11.1 Å². The topological polar surface area (TPSA) is 12.9 Å². The Balaban J connectivity index is 0.969. The van der Waals surface area contributed by atoms with Crippen LogP contribution in [0, 0.1) is 23.7 Å². The number of hydrogen-bond donors (Lipinski definition) is 0.